The highest BCUT2D eigenvalue weighted by Gasteiger charge is 2.42. The molecule has 2 aliphatic rings. The van der Waals surface area contributed by atoms with E-state index in [4.69, 9.17) is 0 Å². The van der Waals surface area contributed by atoms with Crippen molar-refractivity contribution in [2.24, 2.45) is 0 Å². The molecule has 0 spiro atoms. The SMILES string of the molecule is CCCN1[C@@H]2CCC[C@@H]1CC(C)(O)C2. The Kier molecular flexibility index (Phi) is 2.85. The quantitative estimate of drug-likeness (QED) is 0.733. The number of aliphatic hydroxyl groups is 1. The van der Waals surface area contributed by atoms with Crippen LogP contribution in [0.15, 0.2) is 0 Å². The van der Waals surface area contributed by atoms with Crippen molar-refractivity contribution in [1.82, 2.24) is 4.90 Å². The summed E-state index contributed by atoms with van der Waals surface area (Å²) in [6, 6.07) is 1.33. The highest BCUT2D eigenvalue weighted by molar-refractivity contribution is 4.97. The van der Waals surface area contributed by atoms with Gasteiger partial charge < -0.3 is 5.11 Å². The van der Waals surface area contributed by atoms with Crippen LogP contribution in [-0.2, 0) is 0 Å². The fourth-order valence-electron chi connectivity index (χ4n) is 3.38. The van der Waals surface area contributed by atoms with E-state index in [1.165, 1.54) is 32.2 Å². The molecule has 14 heavy (non-hydrogen) atoms. The number of rotatable bonds is 2. The topological polar surface area (TPSA) is 23.5 Å². The fourth-order valence-corrected chi connectivity index (χ4v) is 3.38. The molecule has 82 valence electrons. The first-order valence-corrected chi connectivity index (χ1v) is 6.10. The zero-order valence-corrected chi connectivity index (χ0v) is 9.50. The van der Waals surface area contributed by atoms with Crippen LogP contribution in [0.1, 0.15) is 52.4 Å². The summed E-state index contributed by atoms with van der Waals surface area (Å²) in [4.78, 5) is 2.65. The Morgan fingerprint density at radius 2 is 1.86 bits per heavy atom. The van der Waals surface area contributed by atoms with Crippen molar-refractivity contribution in [3.8, 4) is 0 Å². The van der Waals surface area contributed by atoms with Crippen molar-refractivity contribution in [3.05, 3.63) is 0 Å². The lowest BCUT2D eigenvalue weighted by molar-refractivity contribution is -0.0811. The Hall–Kier alpha value is -0.0800. The van der Waals surface area contributed by atoms with Crippen molar-refractivity contribution in [2.75, 3.05) is 6.54 Å². The molecule has 0 aromatic carbocycles. The van der Waals surface area contributed by atoms with Crippen molar-refractivity contribution in [1.29, 1.82) is 0 Å². The number of hydrogen-bond acceptors (Lipinski definition) is 2. The highest BCUT2D eigenvalue weighted by atomic mass is 16.3. The van der Waals surface area contributed by atoms with Gasteiger partial charge in [0.25, 0.3) is 0 Å². The molecule has 1 N–H and O–H groups in total. The Morgan fingerprint density at radius 1 is 1.29 bits per heavy atom. The molecule has 2 aliphatic heterocycles. The van der Waals surface area contributed by atoms with Crippen LogP contribution in [0.4, 0.5) is 0 Å². The molecule has 2 saturated heterocycles. The molecule has 0 unspecified atom stereocenters. The highest BCUT2D eigenvalue weighted by Crippen LogP contribution is 2.38. The normalized spacial score (nSPS) is 43.9. The molecule has 2 nitrogen and oxygen atoms in total. The standard InChI is InChI=1S/C12H23NO/c1-3-7-13-10-5-4-6-11(13)9-12(2,14)8-10/h10-11,14H,3-9H2,1-2H3/t10-,11-/m1/s1. The molecular weight excluding hydrogens is 174 g/mol. The van der Waals surface area contributed by atoms with Crippen molar-refractivity contribution in [2.45, 2.75) is 70.1 Å². The van der Waals surface area contributed by atoms with E-state index in [2.05, 4.69) is 11.8 Å². The smallest absolute Gasteiger partial charge is 0.0649 e. The predicted octanol–water partition coefficient (Wildman–Crippen LogP) is 2.16. The molecule has 0 aromatic heterocycles. The maximum atomic E-state index is 10.1. The lowest BCUT2D eigenvalue weighted by atomic mass is 9.76. The summed E-state index contributed by atoms with van der Waals surface area (Å²) < 4.78 is 0. The van der Waals surface area contributed by atoms with Crippen LogP contribution in [0.3, 0.4) is 0 Å². The van der Waals surface area contributed by atoms with Crippen molar-refractivity contribution >= 4 is 0 Å². The first-order valence-electron chi connectivity index (χ1n) is 6.10. The van der Waals surface area contributed by atoms with Gasteiger partial charge in [0.1, 0.15) is 0 Å². The third-order valence-electron chi connectivity index (χ3n) is 3.85. The average Bonchev–Trinajstić information content (AvgIpc) is 2.06. The van der Waals surface area contributed by atoms with Crippen LogP contribution in [-0.4, -0.2) is 34.2 Å². The van der Waals surface area contributed by atoms with Gasteiger partial charge in [-0.15, -0.1) is 0 Å². The van der Waals surface area contributed by atoms with Gasteiger partial charge in [-0.2, -0.15) is 0 Å². The Bertz CT molecular complexity index is 186. The Labute approximate surface area is 87.3 Å². The second-order valence-corrected chi connectivity index (χ2v) is 5.38. The zero-order chi connectivity index (χ0) is 10.2. The van der Waals surface area contributed by atoms with Gasteiger partial charge in [-0.3, -0.25) is 4.90 Å². The van der Waals surface area contributed by atoms with E-state index < -0.39 is 0 Å². The average molecular weight is 197 g/mol. The van der Waals surface area contributed by atoms with E-state index in [1.807, 2.05) is 6.92 Å². The van der Waals surface area contributed by atoms with Gasteiger partial charge >= 0.3 is 0 Å². The first kappa shape index (κ1) is 10.4. The lowest BCUT2D eigenvalue weighted by Gasteiger charge is -2.51. The summed E-state index contributed by atoms with van der Waals surface area (Å²) >= 11 is 0. The maximum Gasteiger partial charge on any atom is 0.0649 e. The van der Waals surface area contributed by atoms with Crippen LogP contribution >= 0.6 is 0 Å². The number of piperidine rings is 2. The van der Waals surface area contributed by atoms with Crippen LogP contribution in [0.2, 0.25) is 0 Å². The monoisotopic (exact) mass is 197 g/mol. The molecule has 2 heteroatoms. The first-order chi connectivity index (χ1) is 6.62. The zero-order valence-electron chi connectivity index (χ0n) is 9.50. The van der Waals surface area contributed by atoms with E-state index in [-0.39, 0.29) is 5.60 Å². The van der Waals surface area contributed by atoms with Gasteiger partial charge in [0.05, 0.1) is 5.60 Å². The minimum atomic E-state index is -0.389. The summed E-state index contributed by atoms with van der Waals surface area (Å²) in [5.41, 5.74) is -0.389. The molecule has 2 atom stereocenters. The van der Waals surface area contributed by atoms with Crippen LogP contribution < -0.4 is 0 Å². The Morgan fingerprint density at radius 3 is 2.36 bits per heavy atom. The van der Waals surface area contributed by atoms with E-state index >= 15 is 0 Å². The summed E-state index contributed by atoms with van der Waals surface area (Å²) in [5.74, 6) is 0. The lowest BCUT2D eigenvalue weighted by Crippen LogP contribution is -2.57. The predicted molar refractivity (Wildman–Crippen MR) is 58.3 cm³/mol. The molecule has 2 heterocycles. The number of fused-ring (bicyclic) bond motifs is 2. The van der Waals surface area contributed by atoms with Gasteiger partial charge in [0.2, 0.25) is 0 Å². The molecule has 2 fully saturated rings. The van der Waals surface area contributed by atoms with Gasteiger partial charge in [-0.25, -0.2) is 0 Å². The molecule has 2 bridgehead atoms. The largest absolute Gasteiger partial charge is 0.390 e. The molecule has 2 rings (SSSR count). The molecule has 0 radical (unpaired) electrons. The van der Waals surface area contributed by atoms with Crippen LogP contribution in [0, 0.1) is 0 Å². The molecule has 0 saturated carbocycles. The van der Waals surface area contributed by atoms with E-state index in [1.54, 1.807) is 0 Å². The third kappa shape index (κ3) is 1.96. The molecule has 0 aliphatic carbocycles. The maximum absolute atomic E-state index is 10.1. The molecule has 0 amide bonds. The van der Waals surface area contributed by atoms with E-state index in [9.17, 15) is 5.11 Å². The van der Waals surface area contributed by atoms with Crippen molar-refractivity contribution in [3.63, 3.8) is 0 Å². The second kappa shape index (κ2) is 3.82. The van der Waals surface area contributed by atoms with Gasteiger partial charge in [0.15, 0.2) is 0 Å². The number of nitrogens with zero attached hydrogens (tertiary/aromatic N) is 1. The van der Waals surface area contributed by atoms with Crippen LogP contribution in [0.5, 0.6) is 0 Å². The number of hydrogen-bond donors (Lipinski definition) is 1. The minimum Gasteiger partial charge on any atom is -0.390 e. The van der Waals surface area contributed by atoms with Gasteiger partial charge in [-0.1, -0.05) is 13.3 Å². The van der Waals surface area contributed by atoms with Gasteiger partial charge in [-0.05, 0) is 45.6 Å². The van der Waals surface area contributed by atoms with Crippen LogP contribution in [0.25, 0.3) is 0 Å². The molecule has 0 aromatic rings. The van der Waals surface area contributed by atoms with E-state index in [0.29, 0.717) is 12.1 Å². The molecular formula is C12H23NO. The van der Waals surface area contributed by atoms with Gasteiger partial charge in [0, 0.05) is 12.1 Å². The third-order valence-corrected chi connectivity index (χ3v) is 3.85. The second-order valence-electron chi connectivity index (χ2n) is 5.38. The van der Waals surface area contributed by atoms with E-state index in [0.717, 1.165) is 12.8 Å². The fraction of sp³-hybridized carbons (Fsp3) is 1.00. The Balaban J connectivity index is 2.07. The summed E-state index contributed by atoms with van der Waals surface area (Å²) in [6.07, 6.45) is 7.19. The van der Waals surface area contributed by atoms with Crippen molar-refractivity contribution < 1.29 is 5.11 Å². The summed E-state index contributed by atoms with van der Waals surface area (Å²) in [6.45, 7) is 5.50. The summed E-state index contributed by atoms with van der Waals surface area (Å²) in [7, 11) is 0. The summed E-state index contributed by atoms with van der Waals surface area (Å²) in [5, 5.41) is 10.1. The minimum absolute atomic E-state index is 0.389.